The lowest BCUT2D eigenvalue weighted by atomic mass is 10.1. The highest BCUT2D eigenvalue weighted by Crippen LogP contribution is 2.32. The van der Waals surface area contributed by atoms with Gasteiger partial charge >= 0.3 is 12.2 Å². The molecule has 1 saturated heterocycles. The normalized spacial score (nSPS) is 14.3. The molecule has 41 heavy (non-hydrogen) atoms. The highest BCUT2D eigenvalue weighted by Gasteiger charge is 2.31. The highest BCUT2D eigenvalue weighted by molar-refractivity contribution is 6.00. The molecule has 1 aliphatic rings. The molecule has 3 N–H and O–H groups in total. The van der Waals surface area contributed by atoms with Crippen LogP contribution in [0.3, 0.4) is 0 Å². The van der Waals surface area contributed by atoms with Crippen molar-refractivity contribution in [2.24, 2.45) is 7.05 Å². The first-order valence-electron chi connectivity index (χ1n) is 13.0. The Hall–Kier alpha value is -4.30. The van der Waals surface area contributed by atoms with Crippen molar-refractivity contribution in [3.63, 3.8) is 0 Å². The third-order valence-corrected chi connectivity index (χ3v) is 6.58. The van der Waals surface area contributed by atoms with Gasteiger partial charge in [-0.25, -0.2) is 18.9 Å². The number of carbonyl (C=O) groups excluding carboxylic acids is 1. The largest absolute Gasteiger partial charge is 0.416 e. The van der Waals surface area contributed by atoms with Gasteiger partial charge in [-0.3, -0.25) is 4.90 Å². The Kier molecular flexibility index (Phi) is 8.31. The van der Waals surface area contributed by atoms with Crippen LogP contribution in [-0.4, -0.2) is 70.1 Å². The number of ether oxygens (including phenoxy) is 1. The number of hydrogen-bond acceptors (Lipinski definition) is 7. The molecule has 0 saturated carbocycles. The third-order valence-electron chi connectivity index (χ3n) is 6.58. The van der Waals surface area contributed by atoms with E-state index in [4.69, 9.17) is 4.74 Å². The van der Waals surface area contributed by atoms with Crippen molar-refractivity contribution in [1.29, 1.82) is 0 Å². The minimum Gasteiger partial charge on any atom is -0.379 e. The number of benzene rings is 2. The fourth-order valence-electron chi connectivity index (χ4n) is 4.46. The number of anilines is 3. The summed E-state index contributed by atoms with van der Waals surface area (Å²) in [6.45, 7) is 5.15. The second-order valence-corrected chi connectivity index (χ2v) is 9.49. The van der Waals surface area contributed by atoms with E-state index in [2.05, 4.69) is 35.9 Å². The van der Waals surface area contributed by atoms with Crippen molar-refractivity contribution in [3.8, 4) is 11.3 Å². The molecule has 1 aliphatic heterocycles. The Labute approximate surface area is 232 Å². The SMILES string of the molecule is Cn1nc(-c2ccc(NC(=O)Nc3cc(C(F)(F)F)ccc3F)cc2)c2cnc(NCCCN3CCOCC3)nc21. The van der Waals surface area contributed by atoms with E-state index in [0.29, 0.717) is 41.2 Å². The van der Waals surface area contributed by atoms with E-state index in [1.807, 2.05) is 0 Å². The van der Waals surface area contributed by atoms with Gasteiger partial charge in [0.1, 0.15) is 11.5 Å². The van der Waals surface area contributed by atoms with Crippen molar-refractivity contribution in [2.45, 2.75) is 12.6 Å². The summed E-state index contributed by atoms with van der Waals surface area (Å²) in [5.41, 5.74) is 0.717. The predicted molar refractivity (Wildman–Crippen MR) is 146 cm³/mol. The molecule has 3 heterocycles. The van der Waals surface area contributed by atoms with Crippen LogP contribution in [0.5, 0.6) is 0 Å². The Balaban J connectivity index is 1.21. The van der Waals surface area contributed by atoms with E-state index in [9.17, 15) is 22.4 Å². The van der Waals surface area contributed by atoms with Crippen molar-refractivity contribution >= 4 is 34.4 Å². The smallest absolute Gasteiger partial charge is 0.379 e. The molecule has 0 unspecified atom stereocenters. The molecule has 0 aliphatic carbocycles. The Bertz CT molecular complexity index is 1520. The molecule has 5 rings (SSSR count). The van der Waals surface area contributed by atoms with Crippen molar-refractivity contribution in [1.82, 2.24) is 24.6 Å². The summed E-state index contributed by atoms with van der Waals surface area (Å²) in [6.07, 6.45) is -2.01. The first kappa shape index (κ1) is 28.2. The van der Waals surface area contributed by atoms with Crippen LogP contribution in [0.1, 0.15) is 12.0 Å². The zero-order valence-electron chi connectivity index (χ0n) is 22.1. The maximum absolute atomic E-state index is 14.0. The van der Waals surface area contributed by atoms with E-state index in [0.717, 1.165) is 56.8 Å². The van der Waals surface area contributed by atoms with Crippen molar-refractivity contribution < 1.29 is 27.1 Å². The lowest BCUT2D eigenvalue weighted by Crippen LogP contribution is -2.37. The van der Waals surface area contributed by atoms with Crippen LogP contribution < -0.4 is 16.0 Å². The standard InChI is InChI=1S/C27H28F4N8O2/c1-38-24-20(16-33-25(36-24)32-9-2-10-39-11-13-41-14-12-39)23(37-38)17-3-6-19(7-4-17)34-26(40)35-22-15-18(27(29,30)31)5-8-21(22)28/h3-8,15-16H,2,9-14H2,1H3,(H,32,33,36)(H2,34,35,40). The Morgan fingerprint density at radius 3 is 2.56 bits per heavy atom. The van der Waals surface area contributed by atoms with E-state index >= 15 is 0 Å². The molecular weight excluding hydrogens is 544 g/mol. The van der Waals surface area contributed by atoms with Gasteiger partial charge in [0.25, 0.3) is 0 Å². The number of hydrogen-bond donors (Lipinski definition) is 3. The first-order valence-corrected chi connectivity index (χ1v) is 13.0. The van der Waals surface area contributed by atoms with E-state index in [1.165, 1.54) is 0 Å². The molecule has 14 heteroatoms. The monoisotopic (exact) mass is 572 g/mol. The van der Waals surface area contributed by atoms with Gasteiger partial charge in [0.2, 0.25) is 5.95 Å². The molecule has 0 radical (unpaired) electrons. The number of amides is 2. The summed E-state index contributed by atoms with van der Waals surface area (Å²) in [5.74, 6) is -0.476. The number of rotatable bonds is 8. The molecule has 1 fully saturated rings. The number of nitrogens with zero attached hydrogens (tertiary/aromatic N) is 5. The summed E-state index contributed by atoms with van der Waals surface area (Å²) >= 11 is 0. The summed E-state index contributed by atoms with van der Waals surface area (Å²) in [7, 11) is 1.79. The van der Waals surface area contributed by atoms with Gasteiger partial charge < -0.3 is 20.7 Å². The zero-order chi connectivity index (χ0) is 29.0. The number of urea groups is 1. The van der Waals surface area contributed by atoms with Crippen LogP contribution in [0.4, 0.5) is 39.7 Å². The molecule has 216 valence electrons. The summed E-state index contributed by atoms with van der Waals surface area (Å²) in [5, 5.41) is 13.2. The average Bonchev–Trinajstić information content (AvgIpc) is 3.28. The summed E-state index contributed by atoms with van der Waals surface area (Å²) in [6, 6.07) is 7.55. The van der Waals surface area contributed by atoms with Gasteiger partial charge in [-0.05, 0) is 43.3 Å². The molecule has 4 aromatic rings. The van der Waals surface area contributed by atoms with E-state index in [-0.39, 0.29) is 0 Å². The fourth-order valence-corrected chi connectivity index (χ4v) is 4.46. The van der Waals surface area contributed by atoms with Crippen molar-refractivity contribution in [3.05, 3.63) is 60.0 Å². The second-order valence-electron chi connectivity index (χ2n) is 9.49. The molecule has 10 nitrogen and oxygen atoms in total. The number of halogens is 4. The quantitative estimate of drug-likeness (QED) is 0.202. The fraction of sp³-hybridized carbons (Fsp3) is 0.333. The number of aromatic nitrogens is 4. The second kappa shape index (κ2) is 12.1. The molecule has 2 aromatic carbocycles. The Morgan fingerprint density at radius 2 is 1.83 bits per heavy atom. The van der Waals surface area contributed by atoms with Gasteiger partial charge in [-0.2, -0.15) is 23.3 Å². The topological polar surface area (TPSA) is 109 Å². The van der Waals surface area contributed by atoms with Gasteiger partial charge in [0.15, 0.2) is 5.65 Å². The minimum absolute atomic E-state index is 0.346. The maximum Gasteiger partial charge on any atom is 0.416 e. The Morgan fingerprint density at radius 1 is 1.07 bits per heavy atom. The number of nitrogens with one attached hydrogen (secondary N) is 3. The zero-order valence-corrected chi connectivity index (χ0v) is 22.1. The number of aryl methyl sites for hydroxylation is 1. The summed E-state index contributed by atoms with van der Waals surface area (Å²) in [4.78, 5) is 23.7. The van der Waals surface area contributed by atoms with Crippen LogP contribution in [0.2, 0.25) is 0 Å². The molecule has 0 spiro atoms. The van der Waals surface area contributed by atoms with E-state index in [1.54, 1.807) is 42.2 Å². The van der Waals surface area contributed by atoms with Gasteiger partial charge in [-0.15, -0.1) is 0 Å². The molecule has 2 amide bonds. The molecule has 2 aromatic heterocycles. The van der Waals surface area contributed by atoms with Crippen LogP contribution in [0.25, 0.3) is 22.3 Å². The van der Waals surface area contributed by atoms with Gasteiger partial charge in [0, 0.05) is 44.1 Å². The lowest BCUT2D eigenvalue weighted by molar-refractivity contribution is -0.137. The average molecular weight is 573 g/mol. The van der Waals surface area contributed by atoms with Crippen LogP contribution in [0.15, 0.2) is 48.7 Å². The highest BCUT2D eigenvalue weighted by atomic mass is 19.4. The lowest BCUT2D eigenvalue weighted by Gasteiger charge is -2.26. The third kappa shape index (κ3) is 6.89. The van der Waals surface area contributed by atoms with Gasteiger partial charge in [0.05, 0.1) is 29.9 Å². The predicted octanol–water partition coefficient (Wildman–Crippen LogP) is 4.97. The number of alkyl halides is 3. The van der Waals surface area contributed by atoms with Crippen LogP contribution >= 0.6 is 0 Å². The maximum atomic E-state index is 14.0. The van der Waals surface area contributed by atoms with E-state index < -0.39 is 29.3 Å². The van der Waals surface area contributed by atoms with Gasteiger partial charge in [-0.1, -0.05) is 12.1 Å². The first-order chi connectivity index (χ1) is 19.7. The number of morpholine rings is 1. The number of fused-ring (bicyclic) bond motifs is 1. The molecular formula is C27H28F4N8O2. The minimum atomic E-state index is -4.67. The van der Waals surface area contributed by atoms with Crippen LogP contribution in [0, 0.1) is 5.82 Å². The number of carbonyl (C=O) groups is 1. The molecule has 0 atom stereocenters. The molecule has 0 bridgehead atoms. The van der Waals surface area contributed by atoms with Crippen LogP contribution in [-0.2, 0) is 18.0 Å². The summed E-state index contributed by atoms with van der Waals surface area (Å²) < 4.78 is 59.8. The van der Waals surface area contributed by atoms with Crippen molar-refractivity contribution in [2.75, 3.05) is 55.3 Å².